The summed E-state index contributed by atoms with van der Waals surface area (Å²) in [5.74, 6) is -0.318. The van der Waals surface area contributed by atoms with Gasteiger partial charge in [0, 0.05) is 17.3 Å². The minimum Gasteiger partial charge on any atom is -0.310 e. The second kappa shape index (κ2) is 7.34. The van der Waals surface area contributed by atoms with Crippen LogP contribution in [0.15, 0.2) is 71.7 Å². The fourth-order valence-electron chi connectivity index (χ4n) is 2.69. The monoisotopic (exact) mass is 395 g/mol. The Hall–Kier alpha value is -2.96. The number of para-hydroxylation sites is 1. The van der Waals surface area contributed by atoms with Crippen LogP contribution in [0.5, 0.6) is 0 Å². The maximum atomic E-state index is 12.6. The van der Waals surface area contributed by atoms with Gasteiger partial charge in [0.2, 0.25) is 0 Å². The minimum absolute atomic E-state index is 0.202. The minimum atomic E-state index is -0.318. The molecule has 0 saturated carbocycles. The second-order valence-electron chi connectivity index (χ2n) is 5.92. The van der Waals surface area contributed by atoms with Gasteiger partial charge < -0.3 is 4.57 Å². The quantitative estimate of drug-likeness (QED) is 0.556. The molecule has 1 amide bonds. The topological polar surface area (TPSA) is 64.0 Å². The molecular weight excluding hydrogens is 382 g/mol. The Morgan fingerprint density at radius 3 is 2.67 bits per heavy atom. The van der Waals surface area contributed by atoms with Crippen molar-refractivity contribution in [1.82, 2.24) is 9.55 Å². The van der Waals surface area contributed by atoms with Crippen molar-refractivity contribution < 1.29 is 4.79 Å². The number of carbonyl (C=O) groups excluding carboxylic acids is 1. The summed E-state index contributed by atoms with van der Waals surface area (Å²) in [5, 5.41) is 3.89. The van der Waals surface area contributed by atoms with Gasteiger partial charge in [-0.3, -0.25) is 14.9 Å². The number of thiazole rings is 1. The van der Waals surface area contributed by atoms with Crippen molar-refractivity contribution in [3.63, 3.8) is 0 Å². The molecule has 1 N–H and O–H groups in total. The average Bonchev–Trinajstić information content (AvgIpc) is 3.07. The highest BCUT2D eigenvalue weighted by molar-refractivity contribution is 7.22. The van der Waals surface area contributed by atoms with E-state index in [0.29, 0.717) is 22.3 Å². The summed E-state index contributed by atoms with van der Waals surface area (Å²) >= 11 is 7.58. The van der Waals surface area contributed by atoms with Crippen molar-refractivity contribution in [2.75, 3.05) is 5.32 Å². The summed E-state index contributed by atoms with van der Waals surface area (Å²) in [6.45, 7) is 0.292. The standard InChI is InChI=1S/C20H14ClN3O2S/c21-15-6-2-1-5-13(15)11-24-12-14(9-10-18(24)25)19(26)23-20-22-16-7-3-4-8-17(16)27-20/h1-10,12H,11H2,(H,22,23,26). The summed E-state index contributed by atoms with van der Waals surface area (Å²) < 4.78 is 2.46. The van der Waals surface area contributed by atoms with Crippen LogP contribution in [-0.4, -0.2) is 15.5 Å². The van der Waals surface area contributed by atoms with E-state index in [1.54, 1.807) is 6.07 Å². The summed E-state index contributed by atoms with van der Waals surface area (Å²) in [7, 11) is 0. The number of rotatable bonds is 4. The Balaban J connectivity index is 1.59. The molecule has 0 aliphatic heterocycles. The first-order chi connectivity index (χ1) is 13.1. The maximum Gasteiger partial charge on any atom is 0.258 e. The number of nitrogens with zero attached hydrogens (tertiary/aromatic N) is 2. The van der Waals surface area contributed by atoms with Gasteiger partial charge in [0.15, 0.2) is 5.13 Å². The lowest BCUT2D eigenvalue weighted by Gasteiger charge is -2.09. The summed E-state index contributed by atoms with van der Waals surface area (Å²) in [6.07, 6.45) is 1.54. The third kappa shape index (κ3) is 3.77. The van der Waals surface area contributed by atoms with Crippen molar-refractivity contribution in [1.29, 1.82) is 0 Å². The van der Waals surface area contributed by atoms with Crippen molar-refractivity contribution in [2.24, 2.45) is 0 Å². The van der Waals surface area contributed by atoms with Gasteiger partial charge in [0.05, 0.1) is 22.3 Å². The zero-order valence-electron chi connectivity index (χ0n) is 14.1. The van der Waals surface area contributed by atoms with E-state index in [2.05, 4.69) is 10.3 Å². The highest BCUT2D eigenvalue weighted by atomic mass is 35.5. The van der Waals surface area contributed by atoms with Crippen LogP contribution in [0.1, 0.15) is 15.9 Å². The van der Waals surface area contributed by atoms with Gasteiger partial charge >= 0.3 is 0 Å². The third-order valence-electron chi connectivity index (χ3n) is 4.06. The molecule has 0 unspecified atom stereocenters. The first kappa shape index (κ1) is 17.5. The Labute approximate surface area is 163 Å². The number of hydrogen-bond acceptors (Lipinski definition) is 4. The number of halogens is 1. The average molecular weight is 396 g/mol. The van der Waals surface area contributed by atoms with Crippen LogP contribution in [0.25, 0.3) is 10.2 Å². The number of pyridine rings is 1. The summed E-state index contributed by atoms with van der Waals surface area (Å²) in [5.41, 5.74) is 1.82. The largest absolute Gasteiger partial charge is 0.310 e. The second-order valence-corrected chi connectivity index (χ2v) is 7.35. The van der Waals surface area contributed by atoms with Gasteiger partial charge in [0.1, 0.15) is 0 Å². The van der Waals surface area contributed by atoms with Crippen LogP contribution >= 0.6 is 22.9 Å². The molecule has 0 aliphatic rings. The Kier molecular flexibility index (Phi) is 4.75. The number of fused-ring (bicyclic) bond motifs is 1. The van der Waals surface area contributed by atoms with E-state index in [4.69, 9.17) is 11.6 Å². The molecule has 0 fully saturated rings. The molecule has 2 heterocycles. The van der Waals surface area contributed by atoms with E-state index >= 15 is 0 Å². The number of aromatic nitrogens is 2. The van der Waals surface area contributed by atoms with Crippen LogP contribution in [-0.2, 0) is 6.54 Å². The fourth-order valence-corrected chi connectivity index (χ4v) is 3.75. The van der Waals surface area contributed by atoms with Crippen LogP contribution < -0.4 is 10.9 Å². The van der Waals surface area contributed by atoms with Gasteiger partial charge in [0.25, 0.3) is 11.5 Å². The van der Waals surface area contributed by atoms with Crippen LogP contribution in [0.4, 0.5) is 5.13 Å². The van der Waals surface area contributed by atoms with E-state index in [1.165, 1.54) is 34.2 Å². The molecule has 0 bridgehead atoms. The molecule has 0 atom stereocenters. The Morgan fingerprint density at radius 1 is 1.07 bits per heavy atom. The van der Waals surface area contributed by atoms with E-state index in [9.17, 15) is 9.59 Å². The molecule has 5 nitrogen and oxygen atoms in total. The number of anilines is 1. The van der Waals surface area contributed by atoms with Crippen LogP contribution in [0.2, 0.25) is 5.02 Å². The number of benzene rings is 2. The van der Waals surface area contributed by atoms with Crippen molar-refractivity contribution in [2.45, 2.75) is 6.54 Å². The van der Waals surface area contributed by atoms with E-state index in [-0.39, 0.29) is 11.5 Å². The molecule has 0 radical (unpaired) electrons. The predicted octanol–water partition coefficient (Wildman–Crippen LogP) is 4.41. The molecule has 7 heteroatoms. The molecule has 2 aromatic carbocycles. The highest BCUT2D eigenvalue weighted by Gasteiger charge is 2.12. The first-order valence-electron chi connectivity index (χ1n) is 8.21. The van der Waals surface area contributed by atoms with Gasteiger partial charge in [-0.1, -0.05) is 53.3 Å². The Bertz CT molecular complexity index is 1170. The molecule has 0 saturated heterocycles. The number of nitrogens with one attached hydrogen (secondary N) is 1. The predicted molar refractivity (Wildman–Crippen MR) is 109 cm³/mol. The van der Waals surface area contributed by atoms with Crippen molar-refractivity contribution >= 4 is 44.2 Å². The SMILES string of the molecule is O=C(Nc1nc2ccccc2s1)c1ccc(=O)n(Cc2ccccc2Cl)c1. The van der Waals surface area contributed by atoms with Crippen molar-refractivity contribution in [3.05, 3.63) is 93.4 Å². The lowest BCUT2D eigenvalue weighted by Crippen LogP contribution is -2.22. The molecule has 4 aromatic rings. The molecule has 4 rings (SSSR count). The maximum absolute atomic E-state index is 12.6. The third-order valence-corrected chi connectivity index (χ3v) is 5.38. The zero-order chi connectivity index (χ0) is 18.8. The lowest BCUT2D eigenvalue weighted by atomic mass is 10.2. The first-order valence-corrected chi connectivity index (χ1v) is 9.40. The normalized spacial score (nSPS) is 10.9. The smallest absolute Gasteiger partial charge is 0.258 e. The number of carbonyl (C=O) groups is 1. The molecular formula is C20H14ClN3O2S. The number of amides is 1. The Morgan fingerprint density at radius 2 is 1.85 bits per heavy atom. The summed E-state index contributed by atoms with van der Waals surface area (Å²) in [6, 6.07) is 17.9. The molecule has 134 valence electrons. The van der Waals surface area contributed by atoms with E-state index in [1.807, 2.05) is 42.5 Å². The van der Waals surface area contributed by atoms with E-state index in [0.717, 1.165) is 15.8 Å². The lowest BCUT2D eigenvalue weighted by molar-refractivity contribution is 0.102. The molecule has 0 spiro atoms. The molecule has 0 aliphatic carbocycles. The molecule has 2 aromatic heterocycles. The van der Waals surface area contributed by atoms with Gasteiger partial charge in [-0.15, -0.1) is 0 Å². The van der Waals surface area contributed by atoms with Crippen LogP contribution in [0.3, 0.4) is 0 Å². The van der Waals surface area contributed by atoms with E-state index < -0.39 is 0 Å². The molecule has 27 heavy (non-hydrogen) atoms. The zero-order valence-corrected chi connectivity index (χ0v) is 15.6. The van der Waals surface area contributed by atoms with Gasteiger partial charge in [-0.25, -0.2) is 4.98 Å². The van der Waals surface area contributed by atoms with Crippen molar-refractivity contribution in [3.8, 4) is 0 Å². The number of hydrogen-bond donors (Lipinski definition) is 1. The fraction of sp³-hybridized carbons (Fsp3) is 0.0500. The highest BCUT2D eigenvalue weighted by Crippen LogP contribution is 2.25. The summed E-state index contributed by atoms with van der Waals surface area (Å²) in [4.78, 5) is 29.1. The van der Waals surface area contributed by atoms with Crippen LogP contribution in [0, 0.1) is 0 Å². The van der Waals surface area contributed by atoms with Gasteiger partial charge in [-0.2, -0.15) is 0 Å². The van der Waals surface area contributed by atoms with Gasteiger partial charge in [-0.05, 0) is 29.8 Å².